The van der Waals surface area contributed by atoms with Gasteiger partial charge >= 0.3 is 0 Å². The van der Waals surface area contributed by atoms with E-state index in [4.69, 9.17) is 9.97 Å². The lowest BCUT2D eigenvalue weighted by atomic mass is 9.88. The molecule has 1 aromatic heterocycles. The number of piperidine rings is 2. The first-order chi connectivity index (χ1) is 16.1. The van der Waals surface area contributed by atoms with Gasteiger partial charge in [0, 0.05) is 49.0 Å². The molecule has 3 aromatic rings. The summed E-state index contributed by atoms with van der Waals surface area (Å²) < 4.78 is 0. The van der Waals surface area contributed by atoms with E-state index in [1.165, 1.54) is 0 Å². The first kappa shape index (κ1) is 21.6. The molecule has 2 fully saturated rings. The number of ketones is 1. The molecular weight excluding hydrogens is 412 g/mol. The van der Waals surface area contributed by atoms with E-state index in [2.05, 4.69) is 4.90 Å². The molecule has 0 saturated carbocycles. The second kappa shape index (κ2) is 9.30. The normalized spacial score (nSPS) is 19.6. The molecule has 0 spiro atoms. The SMILES string of the molecule is Cc1nc(N2CCC(C(=O)N3CCCC(C(=O)c4ccccc4)C3)CC2)nc2ccccc12. The number of aryl methyl sites for hydroxylation is 1. The number of carbonyl (C=O) groups is 2. The highest BCUT2D eigenvalue weighted by Crippen LogP contribution is 2.28. The van der Waals surface area contributed by atoms with Crippen molar-refractivity contribution in [3.8, 4) is 0 Å². The van der Waals surface area contributed by atoms with E-state index in [9.17, 15) is 9.59 Å². The lowest BCUT2D eigenvalue weighted by Crippen LogP contribution is -2.47. The Labute approximate surface area is 194 Å². The van der Waals surface area contributed by atoms with Crippen LogP contribution >= 0.6 is 0 Å². The Morgan fingerprint density at radius 1 is 0.848 bits per heavy atom. The van der Waals surface area contributed by atoms with Gasteiger partial charge < -0.3 is 9.80 Å². The minimum absolute atomic E-state index is 0.00776. The fraction of sp³-hybridized carbons (Fsp3) is 0.407. The highest BCUT2D eigenvalue weighted by molar-refractivity contribution is 5.98. The van der Waals surface area contributed by atoms with Crippen molar-refractivity contribution < 1.29 is 9.59 Å². The van der Waals surface area contributed by atoms with Crippen molar-refractivity contribution in [3.05, 3.63) is 65.9 Å². The van der Waals surface area contributed by atoms with Crippen molar-refractivity contribution >= 4 is 28.5 Å². The van der Waals surface area contributed by atoms with Crippen LogP contribution in [0.2, 0.25) is 0 Å². The molecule has 6 heteroatoms. The minimum Gasteiger partial charge on any atom is -0.342 e. The highest BCUT2D eigenvalue weighted by atomic mass is 16.2. The fourth-order valence-electron chi connectivity index (χ4n) is 5.18. The number of hydrogen-bond acceptors (Lipinski definition) is 5. The van der Waals surface area contributed by atoms with Gasteiger partial charge in [0.25, 0.3) is 0 Å². The summed E-state index contributed by atoms with van der Waals surface area (Å²) in [5, 5.41) is 1.08. The van der Waals surface area contributed by atoms with Crippen LogP contribution in [0, 0.1) is 18.8 Å². The Kier molecular flexibility index (Phi) is 6.07. The number of hydrogen-bond donors (Lipinski definition) is 0. The Bertz CT molecular complexity index is 1160. The summed E-state index contributed by atoms with van der Waals surface area (Å²) in [5.74, 6) is 1.03. The first-order valence-corrected chi connectivity index (χ1v) is 12.0. The van der Waals surface area contributed by atoms with Gasteiger partial charge in [0.1, 0.15) is 0 Å². The first-order valence-electron chi connectivity index (χ1n) is 12.0. The number of likely N-dealkylation sites (tertiary alicyclic amines) is 1. The number of aromatic nitrogens is 2. The lowest BCUT2D eigenvalue weighted by Gasteiger charge is -2.37. The summed E-state index contributed by atoms with van der Waals surface area (Å²) in [6.45, 7) is 4.86. The van der Waals surface area contributed by atoms with Crippen LogP contribution in [0.25, 0.3) is 10.9 Å². The van der Waals surface area contributed by atoms with Crippen molar-refractivity contribution in [2.75, 3.05) is 31.1 Å². The highest BCUT2D eigenvalue weighted by Gasteiger charge is 2.34. The summed E-state index contributed by atoms with van der Waals surface area (Å²) in [7, 11) is 0. The Morgan fingerprint density at radius 3 is 2.36 bits per heavy atom. The third kappa shape index (κ3) is 4.47. The van der Waals surface area contributed by atoms with Gasteiger partial charge in [-0.2, -0.15) is 0 Å². The van der Waals surface area contributed by atoms with Crippen molar-refractivity contribution in [1.29, 1.82) is 0 Å². The lowest BCUT2D eigenvalue weighted by molar-refractivity contribution is -0.137. The van der Waals surface area contributed by atoms with Crippen molar-refractivity contribution in [2.45, 2.75) is 32.6 Å². The number of para-hydroxylation sites is 1. The fourth-order valence-corrected chi connectivity index (χ4v) is 5.18. The Hall–Kier alpha value is -3.28. The molecule has 2 saturated heterocycles. The van der Waals surface area contributed by atoms with Gasteiger partial charge in [-0.15, -0.1) is 0 Å². The van der Waals surface area contributed by atoms with E-state index in [1.54, 1.807) is 0 Å². The molecule has 1 amide bonds. The molecule has 1 atom stereocenters. The van der Waals surface area contributed by atoms with Gasteiger partial charge in [-0.05, 0) is 38.7 Å². The predicted octanol–water partition coefficient (Wildman–Crippen LogP) is 4.28. The van der Waals surface area contributed by atoms with Crippen LogP contribution in [0.15, 0.2) is 54.6 Å². The topological polar surface area (TPSA) is 66.4 Å². The maximum absolute atomic E-state index is 13.3. The standard InChI is InChI=1S/C27H30N4O2/c1-19-23-11-5-6-12-24(23)29-27(28-19)30-16-13-21(14-17-30)26(33)31-15-7-10-22(18-31)25(32)20-8-3-2-4-9-20/h2-6,8-9,11-12,21-22H,7,10,13-18H2,1H3. The zero-order valence-corrected chi connectivity index (χ0v) is 19.1. The summed E-state index contributed by atoms with van der Waals surface area (Å²) in [6, 6.07) is 17.5. The molecular formula is C27H30N4O2. The molecule has 0 N–H and O–H groups in total. The van der Waals surface area contributed by atoms with Crippen LogP contribution in [-0.2, 0) is 4.79 Å². The molecule has 2 aliphatic heterocycles. The largest absolute Gasteiger partial charge is 0.342 e. The monoisotopic (exact) mass is 442 g/mol. The van der Waals surface area contributed by atoms with Gasteiger partial charge in [-0.1, -0.05) is 48.5 Å². The van der Waals surface area contributed by atoms with Crippen LogP contribution in [0.3, 0.4) is 0 Å². The zero-order chi connectivity index (χ0) is 22.8. The van der Waals surface area contributed by atoms with Gasteiger partial charge in [0.2, 0.25) is 11.9 Å². The van der Waals surface area contributed by atoms with E-state index >= 15 is 0 Å². The van der Waals surface area contributed by atoms with Crippen molar-refractivity contribution in [3.63, 3.8) is 0 Å². The predicted molar refractivity (Wildman–Crippen MR) is 129 cm³/mol. The molecule has 0 aliphatic carbocycles. The third-order valence-electron chi connectivity index (χ3n) is 7.07. The van der Waals surface area contributed by atoms with Crippen LogP contribution in [0.5, 0.6) is 0 Å². The van der Waals surface area contributed by atoms with Gasteiger partial charge in [0.15, 0.2) is 5.78 Å². The molecule has 3 heterocycles. The third-order valence-corrected chi connectivity index (χ3v) is 7.07. The molecule has 0 bridgehead atoms. The quantitative estimate of drug-likeness (QED) is 0.565. The van der Waals surface area contributed by atoms with Gasteiger partial charge in [-0.25, -0.2) is 9.97 Å². The van der Waals surface area contributed by atoms with Crippen molar-refractivity contribution in [1.82, 2.24) is 14.9 Å². The smallest absolute Gasteiger partial charge is 0.226 e. The average molecular weight is 443 g/mol. The van der Waals surface area contributed by atoms with Gasteiger partial charge in [-0.3, -0.25) is 9.59 Å². The number of rotatable bonds is 4. The maximum atomic E-state index is 13.3. The second-order valence-electron chi connectivity index (χ2n) is 9.24. The molecule has 5 rings (SSSR count). The summed E-state index contributed by atoms with van der Waals surface area (Å²) >= 11 is 0. The van der Waals surface area contributed by atoms with E-state index in [0.29, 0.717) is 6.54 Å². The van der Waals surface area contributed by atoms with Crippen LogP contribution < -0.4 is 4.90 Å². The Balaban J connectivity index is 1.21. The number of nitrogens with zero attached hydrogens (tertiary/aromatic N) is 4. The summed E-state index contributed by atoms with van der Waals surface area (Å²) in [4.78, 5) is 39.8. The van der Waals surface area contributed by atoms with E-state index in [-0.39, 0.29) is 23.5 Å². The van der Waals surface area contributed by atoms with Crippen LogP contribution in [0.4, 0.5) is 5.95 Å². The van der Waals surface area contributed by atoms with E-state index in [1.807, 2.05) is 66.4 Å². The zero-order valence-electron chi connectivity index (χ0n) is 19.1. The molecule has 170 valence electrons. The molecule has 6 nitrogen and oxygen atoms in total. The van der Waals surface area contributed by atoms with Crippen LogP contribution in [0.1, 0.15) is 41.7 Å². The summed E-state index contributed by atoms with van der Waals surface area (Å²) in [5.41, 5.74) is 2.69. The number of fused-ring (bicyclic) bond motifs is 1. The second-order valence-corrected chi connectivity index (χ2v) is 9.24. The molecule has 2 aliphatic rings. The Morgan fingerprint density at radius 2 is 1.58 bits per heavy atom. The molecule has 1 unspecified atom stereocenters. The van der Waals surface area contributed by atoms with Gasteiger partial charge in [0.05, 0.1) is 11.2 Å². The van der Waals surface area contributed by atoms with Crippen LogP contribution in [-0.4, -0.2) is 52.7 Å². The molecule has 0 radical (unpaired) electrons. The molecule has 33 heavy (non-hydrogen) atoms. The number of carbonyl (C=O) groups excluding carboxylic acids is 2. The van der Waals surface area contributed by atoms with Crippen molar-refractivity contribution in [2.24, 2.45) is 11.8 Å². The van der Waals surface area contributed by atoms with E-state index in [0.717, 1.165) is 73.4 Å². The minimum atomic E-state index is -0.0980. The van der Waals surface area contributed by atoms with E-state index < -0.39 is 0 Å². The number of benzene rings is 2. The summed E-state index contributed by atoms with van der Waals surface area (Å²) in [6.07, 6.45) is 3.33. The number of Topliss-reactive ketones (excluding diaryl/α,β-unsaturated/α-hetero) is 1. The number of anilines is 1. The molecule has 2 aromatic carbocycles. The maximum Gasteiger partial charge on any atom is 0.226 e. The average Bonchev–Trinajstić information content (AvgIpc) is 2.88. The number of amides is 1.